The fraction of sp³-hybridized carbons (Fsp3) is 0.500. The van der Waals surface area contributed by atoms with Crippen molar-refractivity contribution in [1.82, 2.24) is 4.90 Å². The summed E-state index contributed by atoms with van der Waals surface area (Å²) in [6, 6.07) is 5.74. The van der Waals surface area contributed by atoms with Gasteiger partial charge in [0.15, 0.2) is 0 Å². The maximum absolute atomic E-state index is 12.7. The molecule has 2 aliphatic heterocycles. The number of nitrogens with two attached hydrogens (primary N) is 1. The van der Waals surface area contributed by atoms with Gasteiger partial charge in [-0.1, -0.05) is 0 Å². The number of hydrogen-bond donors (Lipinski definition) is 2. The second-order valence-corrected chi connectivity index (χ2v) is 5.82. The topological polar surface area (TPSA) is 75.4 Å². The summed E-state index contributed by atoms with van der Waals surface area (Å²) in [5, 5.41) is 2.79. The standard InChI is InChI=1S/C16H21N3O2/c17-7-6-13-3-1-2-8-19(13)16(21)11-4-5-14-12(9-11)10-15(20)18-14/h4-5,9,13H,1-3,6-8,10,17H2,(H,18,20). The summed E-state index contributed by atoms with van der Waals surface area (Å²) in [7, 11) is 0. The lowest BCUT2D eigenvalue weighted by molar-refractivity contribution is -0.115. The summed E-state index contributed by atoms with van der Waals surface area (Å²) in [6.07, 6.45) is 4.47. The maximum atomic E-state index is 12.7. The Labute approximate surface area is 124 Å². The monoisotopic (exact) mass is 287 g/mol. The number of rotatable bonds is 3. The summed E-state index contributed by atoms with van der Waals surface area (Å²) < 4.78 is 0. The van der Waals surface area contributed by atoms with Crippen molar-refractivity contribution in [3.05, 3.63) is 29.3 Å². The van der Waals surface area contributed by atoms with Crippen LogP contribution in [0.15, 0.2) is 18.2 Å². The third-order valence-corrected chi connectivity index (χ3v) is 4.37. The summed E-state index contributed by atoms with van der Waals surface area (Å²) in [4.78, 5) is 26.1. The van der Waals surface area contributed by atoms with Gasteiger partial charge in [0.2, 0.25) is 5.91 Å². The third-order valence-electron chi connectivity index (χ3n) is 4.37. The summed E-state index contributed by atoms with van der Waals surface area (Å²) in [5.41, 5.74) is 8.08. The SMILES string of the molecule is NCCC1CCCCN1C(=O)c1ccc2c(c1)CC(=O)N2. The van der Waals surface area contributed by atoms with Crippen molar-refractivity contribution in [2.45, 2.75) is 38.1 Å². The minimum Gasteiger partial charge on any atom is -0.336 e. The molecule has 0 aromatic heterocycles. The summed E-state index contributed by atoms with van der Waals surface area (Å²) >= 11 is 0. The number of fused-ring (bicyclic) bond motifs is 1. The van der Waals surface area contributed by atoms with Gasteiger partial charge in [-0.2, -0.15) is 0 Å². The molecule has 2 amide bonds. The van der Waals surface area contributed by atoms with Gasteiger partial charge in [-0.3, -0.25) is 9.59 Å². The summed E-state index contributed by atoms with van der Waals surface area (Å²) in [5.74, 6) is 0.0591. The van der Waals surface area contributed by atoms with E-state index in [-0.39, 0.29) is 17.9 Å². The Balaban J connectivity index is 1.81. The van der Waals surface area contributed by atoms with Gasteiger partial charge < -0.3 is 16.0 Å². The molecule has 5 nitrogen and oxygen atoms in total. The number of nitrogens with zero attached hydrogens (tertiary/aromatic N) is 1. The Hall–Kier alpha value is -1.88. The average Bonchev–Trinajstić information content (AvgIpc) is 2.86. The highest BCUT2D eigenvalue weighted by Gasteiger charge is 2.28. The second-order valence-electron chi connectivity index (χ2n) is 5.82. The van der Waals surface area contributed by atoms with Gasteiger partial charge in [0, 0.05) is 23.8 Å². The van der Waals surface area contributed by atoms with Crippen molar-refractivity contribution in [2.24, 2.45) is 5.73 Å². The van der Waals surface area contributed by atoms with Crippen LogP contribution in [-0.2, 0) is 11.2 Å². The lowest BCUT2D eigenvalue weighted by atomic mass is 9.97. The molecule has 0 radical (unpaired) electrons. The van der Waals surface area contributed by atoms with Gasteiger partial charge in [-0.25, -0.2) is 0 Å². The van der Waals surface area contributed by atoms with Crippen LogP contribution in [0.25, 0.3) is 0 Å². The van der Waals surface area contributed by atoms with E-state index in [1.165, 1.54) is 0 Å². The number of hydrogen-bond acceptors (Lipinski definition) is 3. The van der Waals surface area contributed by atoms with Crippen LogP contribution in [-0.4, -0.2) is 35.8 Å². The van der Waals surface area contributed by atoms with Gasteiger partial charge in [0.1, 0.15) is 0 Å². The number of benzene rings is 1. The zero-order valence-electron chi connectivity index (χ0n) is 12.1. The van der Waals surface area contributed by atoms with Crippen molar-refractivity contribution in [3.63, 3.8) is 0 Å². The highest BCUT2D eigenvalue weighted by Crippen LogP contribution is 2.26. The van der Waals surface area contributed by atoms with Crippen LogP contribution < -0.4 is 11.1 Å². The minimum atomic E-state index is -0.00594. The van der Waals surface area contributed by atoms with Gasteiger partial charge in [0.25, 0.3) is 5.91 Å². The van der Waals surface area contributed by atoms with Crippen LogP contribution in [0.4, 0.5) is 5.69 Å². The third kappa shape index (κ3) is 2.78. The lowest BCUT2D eigenvalue weighted by Crippen LogP contribution is -2.44. The van der Waals surface area contributed by atoms with E-state index in [1.807, 2.05) is 17.0 Å². The maximum Gasteiger partial charge on any atom is 0.254 e. The first-order valence-electron chi connectivity index (χ1n) is 7.63. The molecule has 0 bridgehead atoms. The molecule has 1 fully saturated rings. The van der Waals surface area contributed by atoms with Crippen molar-refractivity contribution < 1.29 is 9.59 Å². The predicted octanol–water partition coefficient (Wildman–Crippen LogP) is 1.52. The molecule has 0 saturated carbocycles. The number of nitrogens with one attached hydrogen (secondary N) is 1. The van der Waals surface area contributed by atoms with E-state index < -0.39 is 0 Å². The van der Waals surface area contributed by atoms with Gasteiger partial charge >= 0.3 is 0 Å². The number of carbonyl (C=O) groups is 2. The van der Waals surface area contributed by atoms with Crippen LogP contribution in [0.1, 0.15) is 41.6 Å². The smallest absolute Gasteiger partial charge is 0.254 e. The molecule has 0 spiro atoms. The van der Waals surface area contributed by atoms with Crippen molar-refractivity contribution in [2.75, 3.05) is 18.4 Å². The fourth-order valence-electron chi connectivity index (χ4n) is 3.29. The molecular formula is C16H21N3O2. The molecule has 2 aliphatic rings. The Morgan fingerprint density at radius 2 is 2.24 bits per heavy atom. The highest BCUT2D eigenvalue weighted by molar-refractivity contribution is 6.01. The zero-order chi connectivity index (χ0) is 14.8. The lowest BCUT2D eigenvalue weighted by Gasteiger charge is -2.35. The van der Waals surface area contributed by atoms with Crippen molar-refractivity contribution >= 4 is 17.5 Å². The number of amides is 2. The first kappa shape index (κ1) is 14.1. The molecule has 5 heteroatoms. The molecule has 112 valence electrons. The van der Waals surface area contributed by atoms with E-state index in [9.17, 15) is 9.59 Å². The second kappa shape index (κ2) is 5.85. The predicted molar refractivity (Wildman–Crippen MR) is 81.1 cm³/mol. The molecule has 1 saturated heterocycles. The Bertz CT molecular complexity index is 569. The molecule has 3 rings (SSSR count). The largest absolute Gasteiger partial charge is 0.336 e. The number of anilines is 1. The van der Waals surface area contributed by atoms with E-state index in [0.29, 0.717) is 18.5 Å². The normalized spacial score (nSPS) is 21.1. The van der Waals surface area contributed by atoms with Gasteiger partial charge in [-0.15, -0.1) is 0 Å². The van der Waals surface area contributed by atoms with Crippen molar-refractivity contribution in [3.8, 4) is 0 Å². The van der Waals surface area contributed by atoms with Crippen LogP contribution in [0.3, 0.4) is 0 Å². The highest BCUT2D eigenvalue weighted by atomic mass is 16.2. The average molecular weight is 287 g/mol. The molecule has 1 aromatic carbocycles. The van der Waals surface area contributed by atoms with E-state index in [4.69, 9.17) is 5.73 Å². The van der Waals surface area contributed by atoms with E-state index in [0.717, 1.165) is 43.5 Å². The Kier molecular flexibility index (Phi) is 3.92. The fourth-order valence-corrected chi connectivity index (χ4v) is 3.29. The Morgan fingerprint density at radius 1 is 1.38 bits per heavy atom. The first-order chi connectivity index (χ1) is 10.2. The molecule has 1 atom stereocenters. The molecule has 21 heavy (non-hydrogen) atoms. The first-order valence-corrected chi connectivity index (χ1v) is 7.63. The van der Waals surface area contributed by atoms with Gasteiger partial charge in [-0.05, 0) is 56.0 Å². The van der Waals surface area contributed by atoms with Crippen LogP contribution in [0, 0.1) is 0 Å². The van der Waals surface area contributed by atoms with Crippen molar-refractivity contribution in [1.29, 1.82) is 0 Å². The van der Waals surface area contributed by atoms with Crippen LogP contribution >= 0.6 is 0 Å². The number of piperidine rings is 1. The molecule has 3 N–H and O–H groups in total. The van der Waals surface area contributed by atoms with E-state index >= 15 is 0 Å². The van der Waals surface area contributed by atoms with E-state index in [2.05, 4.69) is 5.32 Å². The zero-order valence-corrected chi connectivity index (χ0v) is 12.1. The molecule has 0 aliphatic carbocycles. The summed E-state index contributed by atoms with van der Waals surface area (Å²) in [6.45, 7) is 1.41. The molecule has 1 aromatic rings. The van der Waals surface area contributed by atoms with Crippen LogP contribution in [0.5, 0.6) is 0 Å². The number of likely N-dealkylation sites (tertiary alicyclic amines) is 1. The molecule has 2 heterocycles. The van der Waals surface area contributed by atoms with E-state index in [1.54, 1.807) is 6.07 Å². The number of carbonyl (C=O) groups excluding carboxylic acids is 2. The van der Waals surface area contributed by atoms with Gasteiger partial charge in [0.05, 0.1) is 6.42 Å². The van der Waals surface area contributed by atoms with Crippen LogP contribution in [0.2, 0.25) is 0 Å². The minimum absolute atomic E-state index is 0.00594. The molecular weight excluding hydrogens is 266 g/mol. The Morgan fingerprint density at radius 3 is 3.05 bits per heavy atom. The molecule has 1 unspecified atom stereocenters. The quantitative estimate of drug-likeness (QED) is 0.885.